The normalized spacial score (nSPS) is 18.5. The summed E-state index contributed by atoms with van der Waals surface area (Å²) in [5.74, 6) is 0.0664. The summed E-state index contributed by atoms with van der Waals surface area (Å²) in [4.78, 5) is 25.9. The van der Waals surface area contributed by atoms with E-state index in [1.165, 1.54) is 0 Å². The van der Waals surface area contributed by atoms with Crippen LogP contribution in [0.3, 0.4) is 0 Å². The number of amides is 3. The average molecular weight is 324 g/mol. The van der Waals surface area contributed by atoms with Gasteiger partial charge in [0, 0.05) is 29.2 Å². The van der Waals surface area contributed by atoms with Crippen LogP contribution in [0.15, 0.2) is 18.2 Å². The number of nitrogens with zero attached hydrogens (tertiary/aromatic N) is 1. The second kappa shape index (κ2) is 6.16. The summed E-state index contributed by atoms with van der Waals surface area (Å²) in [6.07, 6.45) is 0.333. The van der Waals surface area contributed by atoms with Gasteiger partial charge in [-0.15, -0.1) is 0 Å². The van der Waals surface area contributed by atoms with Crippen molar-refractivity contribution < 1.29 is 9.59 Å². The van der Waals surface area contributed by atoms with Crippen molar-refractivity contribution in [3.63, 3.8) is 0 Å². The summed E-state index contributed by atoms with van der Waals surface area (Å²) in [7, 11) is 0. The van der Waals surface area contributed by atoms with Crippen LogP contribution in [-0.4, -0.2) is 35.0 Å². The smallest absolute Gasteiger partial charge is 0.319 e. The molecule has 3 amide bonds. The number of rotatable bonds is 2. The molecule has 2 rings (SSSR count). The van der Waals surface area contributed by atoms with Crippen LogP contribution in [0, 0.1) is 6.92 Å². The second-order valence-corrected chi connectivity index (χ2v) is 7.07. The molecule has 0 bridgehead atoms. The number of likely N-dealkylation sites (tertiary alicyclic amines) is 1. The lowest BCUT2D eigenvalue weighted by Crippen LogP contribution is -2.45. The first-order valence-electron chi connectivity index (χ1n) is 7.31. The molecule has 1 aliphatic rings. The Kier molecular flexibility index (Phi) is 4.66. The Balaban J connectivity index is 1.96. The monoisotopic (exact) mass is 323 g/mol. The van der Waals surface area contributed by atoms with Crippen LogP contribution in [0.2, 0.25) is 5.02 Å². The van der Waals surface area contributed by atoms with E-state index in [0.29, 0.717) is 23.7 Å². The lowest BCUT2D eigenvalue weighted by atomic mass is 10.1. The number of aryl methyl sites for hydroxylation is 1. The number of nitrogens with one attached hydrogen (secondary N) is 2. The van der Waals surface area contributed by atoms with Crippen molar-refractivity contribution in [3.05, 3.63) is 28.8 Å². The predicted octanol–water partition coefficient (Wildman–Crippen LogP) is 3.17. The van der Waals surface area contributed by atoms with E-state index in [0.717, 1.165) is 5.56 Å². The molecule has 1 heterocycles. The Morgan fingerprint density at radius 3 is 2.64 bits per heavy atom. The molecule has 1 aromatic rings. The first kappa shape index (κ1) is 16.6. The van der Waals surface area contributed by atoms with Crippen molar-refractivity contribution in [3.8, 4) is 0 Å². The minimum absolute atomic E-state index is 0.0664. The van der Waals surface area contributed by atoms with E-state index >= 15 is 0 Å². The van der Waals surface area contributed by atoms with Crippen LogP contribution in [0.4, 0.5) is 10.5 Å². The van der Waals surface area contributed by atoms with Gasteiger partial charge in [0.15, 0.2) is 0 Å². The maximum Gasteiger partial charge on any atom is 0.319 e. The second-order valence-electron chi connectivity index (χ2n) is 6.63. The van der Waals surface area contributed by atoms with Gasteiger partial charge in [-0.3, -0.25) is 4.79 Å². The number of urea groups is 1. The highest BCUT2D eigenvalue weighted by atomic mass is 35.5. The number of hydrogen-bond acceptors (Lipinski definition) is 2. The Morgan fingerprint density at radius 2 is 2.05 bits per heavy atom. The molecule has 22 heavy (non-hydrogen) atoms. The molecule has 1 aromatic carbocycles. The van der Waals surface area contributed by atoms with Crippen molar-refractivity contribution in [2.75, 3.05) is 11.9 Å². The summed E-state index contributed by atoms with van der Waals surface area (Å²) >= 11 is 5.94. The maximum atomic E-state index is 12.1. The molecule has 0 spiro atoms. The number of carbonyl (C=O) groups excluding carboxylic acids is 2. The molecular formula is C16H22ClN3O2. The van der Waals surface area contributed by atoms with Gasteiger partial charge in [0.2, 0.25) is 5.91 Å². The van der Waals surface area contributed by atoms with Crippen molar-refractivity contribution in [1.29, 1.82) is 0 Å². The van der Waals surface area contributed by atoms with E-state index in [-0.39, 0.29) is 23.5 Å². The van der Waals surface area contributed by atoms with Crippen LogP contribution in [-0.2, 0) is 4.79 Å². The van der Waals surface area contributed by atoms with Gasteiger partial charge in [0.05, 0.1) is 6.04 Å². The maximum absolute atomic E-state index is 12.1. The highest BCUT2D eigenvalue weighted by molar-refractivity contribution is 6.31. The Hall–Kier alpha value is -1.75. The number of carbonyl (C=O) groups is 2. The fourth-order valence-corrected chi connectivity index (χ4v) is 2.70. The van der Waals surface area contributed by atoms with E-state index in [2.05, 4.69) is 10.6 Å². The number of benzene rings is 1. The van der Waals surface area contributed by atoms with Gasteiger partial charge in [-0.2, -0.15) is 0 Å². The largest absolute Gasteiger partial charge is 0.336 e. The molecule has 1 saturated heterocycles. The molecular weight excluding hydrogens is 302 g/mol. The van der Waals surface area contributed by atoms with Crippen molar-refractivity contribution in [2.24, 2.45) is 0 Å². The zero-order valence-electron chi connectivity index (χ0n) is 13.4. The lowest BCUT2D eigenvalue weighted by molar-refractivity contribution is -0.131. The number of anilines is 1. The third kappa shape index (κ3) is 3.91. The highest BCUT2D eigenvalue weighted by Crippen LogP contribution is 2.23. The summed E-state index contributed by atoms with van der Waals surface area (Å²) in [6, 6.07) is 4.83. The van der Waals surface area contributed by atoms with Gasteiger partial charge in [-0.25, -0.2) is 4.79 Å². The zero-order valence-corrected chi connectivity index (χ0v) is 14.1. The van der Waals surface area contributed by atoms with Gasteiger partial charge >= 0.3 is 6.03 Å². The standard InChI is InChI=1S/C16H22ClN3O2/c1-10-5-6-11(17)7-13(10)19-15(22)18-12-8-14(21)20(9-12)16(2,3)4/h5-7,12H,8-9H2,1-4H3,(H2,18,19,22). The lowest BCUT2D eigenvalue weighted by Gasteiger charge is -2.32. The number of halogens is 1. The Bertz CT molecular complexity index is 596. The number of hydrogen-bond donors (Lipinski definition) is 2. The van der Waals surface area contributed by atoms with Crippen molar-refractivity contribution in [2.45, 2.75) is 45.7 Å². The third-order valence-electron chi connectivity index (χ3n) is 3.72. The van der Waals surface area contributed by atoms with Crippen molar-refractivity contribution in [1.82, 2.24) is 10.2 Å². The highest BCUT2D eigenvalue weighted by Gasteiger charge is 2.36. The van der Waals surface area contributed by atoms with Gasteiger partial charge in [0.1, 0.15) is 0 Å². The molecule has 5 nitrogen and oxygen atoms in total. The van der Waals surface area contributed by atoms with E-state index in [4.69, 9.17) is 11.6 Å². The summed E-state index contributed by atoms with van der Waals surface area (Å²) in [5.41, 5.74) is 1.37. The average Bonchev–Trinajstić information content (AvgIpc) is 2.74. The zero-order chi connectivity index (χ0) is 16.5. The van der Waals surface area contributed by atoms with E-state index in [1.54, 1.807) is 17.0 Å². The van der Waals surface area contributed by atoms with E-state index in [9.17, 15) is 9.59 Å². The Morgan fingerprint density at radius 1 is 1.36 bits per heavy atom. The molecule has 0 radical (unpaired) electrons. The molecule has 0 aromatic heterocycles. The van der Waals surface area contributed by atoms with Crippen LogP contribution in [0.25, 0.3) is 0 Å². The fourth-order valence-electron chi connectivity index (χ4n) is 2.53. The molecule has 1 aliphatic heterocycles. The van der Waals surface area contributed by atoms with Crippen LogP contribution < -0.4 is 10.6 Å². The van der Waals surface area contributed by atoms with Crippen molar-refractivity contribution >= 4 is 29.2 Å². The van der Waals surface area contributed by atoms with Gasteiger partial charge in [-0.1, -0.05) is 17.7 Å². The Labute approximate surface area is 136 Å². The molecule has 120 valence electrons. The molecule has 2 N–H and O–H groups in total. The van der Waals surface area contributed by atoms with Gasteiger partial charge in [0.25, 0.3) is 0 Å². The summed E-state index contributed by atoms with van der Waals surface area (Å²) in [5, 5.41) is 6.20. The third-order valence-corrected chi connectivity index (χ3v) is 3.95. The van der Waals surface area contributed by atoms with Crippen LogP contribution >= 0.6 is 11.6 Å². The first-order valence-corrected chi connectivity index (χ1v) is 7.69. The van der Waals surface area contributed by atoms with Gasteiger partial charge < -0.3 is 15.5 Å². The minimum atomic E-state index is -0.320. The quantitative estimate of drug-likeness (QED) is 0.878. The van der Waals surface area contributed by atoms with E-state index < -0.39 is 0 Å². The predicted molar refractivity (Wildman–Crippen MR) is 88.2 cm³/mol. The first-order chi connectivity index (χ1) is 10.2. The molecule has 6 heteroatoms. The van der Waals surface area contributed by atoms with Crippen LogP contribution in [0.5, 0.6) is 0 Å². The summed E-state index contributed by atoms with van der Waals surface area (Å²) < 4.78 is 0. The van der Waals surface area contributed by atoms with Crippen LogP contribution in [0.1, 0.15) is 32.8 Å². The summed E-state index contributed by atoms with van der Waals surface area (Å²) in [6.45, 7) is 8.39. The van der Waals surface area contributed by atoms with Gasteiger partial charge in [-0.05, 0) is 45.4 Å². The molecule has 1 unspecified atom stereocenters. The molecule has 1 atom stereocenters. The topological polar surface area (TPSA) is 61.4 Å². The minimum Gasteiger partial charge on any atom is -0.336 e. The van der Waals surface area contributed by atoms with E-state index in [1.807, 2.05) is 33.8 Å². The SMILES string of the molecule is Cc1ccc(Cl)cc1NC(=O)NC1CC(=O)N(C(C)(C)C)C1. The molecule has 0 saturated carbocycles. The molecule has 0 aliphatic carbocycles. The fraction of sp³-hybridized carbons (Fsp3) is 0.500. The molecule has 1 fully saturated rings.